The Hall–Kier alpha value is -0.610. The van der Waals surface area contributed by atoms with Crippen molar-refractivity contribution in [1.82, 2.24) is 4.98 Å². The molecule has 17 heavy (non-hydrogen) atoms. The lowest BCUT2D eigenvalue weighted by Gasteiger charge is -2.37. The highest BCUT2D eigenvalue weighted by atomic mass is 79.9. The van der Waals surface area contributed by atoms with Gasteiger partial charge in [-0.1, -0.05) is 28.9 Å². The molecule has 94 valence electrons. The van der Waals surface area contributed by atoms with Crippen molar-refractivity contribution in [2.24, 2.45) is 5.92 Å². The summed E-state index contributed by atoms with van der Waals surface area (Å²) in [5.74, 6) is 1.73. The number of nitrogens with zero attached hydrogens (tertiary/aromatic N) is 2. The van der Waals surface area contributed by atoms with Crippen LogP contribution in [0, 0.1) is 5.92 Å². The first-order valence-corrected chi connectivity index (χ1v) is 7.16. The van der Waals surface area contributed by atoms with Gasteiger partial charge < -0.3 is 9.64 Å². The highest BCUT2D eigenvalue weighted by Gasteiger charge is 2.27. The lowest BCUT2D eigenvalue weighted by Crippen LogP contribution is -2.44. The quantitative estimate of drug-likeness (QED) is 0.803. The van der Waals surface area contributed by atoms with Crippen LogP contribution in [-0.2, 0) is 10.1 Å². The number of methoxy groups -OCH3 is 1. The number of halogens is 1. The number of anilines is 1. The molecule has 1 aliphatic rings. The van der Waals surface area contributed by atoms with Crippen LogP contribution >= 0.6 is 15.9 Å². The van der Waals surface area contributed by atoms with Gasteiger partial charge in [0.1, 0.15) is 5.82 Å². The standard InChI is InChI=1S/C13H19BrN2O/c1-10-5-7-16(9-12(10)17-2)13-11(8-14)4-3-6-15-13/h3-4,6,10,12H,5,7-9H2,1-2H3. The molecule has 1 aromatic rings. The van der Waals surface area contributed by atoms with Crippen molar-refractivity contribution < 1.29 is 4.74 Å². The van der Waals surface area contributed by atoms with E-state index in [1.165, 1.54) is 5.56 Å². The van der Waals surface area contributed by atoms with E-state index in [4.69, 9.17) is 4.74 Å². The molecule has 1 fully saturated rings. The normalized spacial score (nSPS) is 25.0. The Morgan fingerprint density at radius 2 is 2.41 bits per heavy atom. The third-order valence-electron chi connectivity index (χ3n) is 3.50. The van der Waals surface area contributed by atoms with Gasteiger partial charge in [0.15, 0.2) is 0 Å². The molecule has 0 N–H and O–H groups in total. The Labute approximate surface area is 111 Å². The van der Waals surface area contributed by atoms with Crippen molar-refractivity contribution in [3.8, 4) is 0 Å². The number of pyridine rings is 1. The molecule has 0 aliphatic carbocycles. The summed E-state index contributed by atoms with van der Waals surface area (Å²) in [6.45, 7) is 4.27. The molecule has 3 nitrogen and oxygen atoms in total. The number of piperidine rings is 1. The molecule has 2 rings (SSSR count). The van der Waals surface area contributed by atoms with Crippen LogP contribution in [-0.4, -0.2) is 31.3 Å². The maximum atomic E-state index is 5.55. The molecule has 0 amide bonds. The fraction of sp³-hybridized carbons (Fsp3) is 0.615. The third kappa shape index (κ3) is 2.80. The minimum absolute atomic E-state index is 0.314. The van der Waals surface area contributed by atoms with Crippen LogP contribution in [0.15, 0.2) is 18.3 Å². The van der Waals surface area contributed by atoms with Gasteiger partial charge in [0, 0.05) is 37.3 Å². The minimum Gasteiger partial charge on any atom is -0.379 e. The molecule has 1 saturated heterocycles. The van der Waals surface area contributed by atoms with Crippen LogP contribution in [0.1, 0.15) is 18.9 Å². The summed E-state index contributed by atoms with van der Waals surface area (Å²) < 4.78 is 5.55. The molecule has 0 aromatic carbocycles. The summed E-state index contributed by atoms with van der Waals surface area (Å²) in [6.07, 6.45) is 3.34. The van der Waals surface area contributed by atoms with E-state index >= 15 is 0 Å². The number of hydrogen-bond donors (Lipinski definition) is 0. The number of hydrogen-bond acceptors (Lipinski definition) is 3. The van der Waals surface area contributed by atoms with Crippen LogP contribution in [0.3, 0.4) is 0 Å². The maximum Gasteiger partial charge on any atom is 0.132 e. The Bertz CT molecular complexity index is 372. The summed E-state index contributed by atoms with van der Waals surface area (Å²) in [7, 11) is 1.80. The smallest absolute Gasteiger partial charge is 0.132 e. The Morgan fingerprint density at radius 1 is 1.59 bits per heavy atom. The summed E-state index contributed by atoms with van der Waals surface area (Å²) in [5.41, 5.74) is 1.25. The molecule has 1 aliphatic heterocycles. The van der Waals surface area contributed by atoms with Gasteiger partial charge >= 0.3 is 0 Å². The third-order valence-corrected chi connectivity index (χ3v) is 4.11. The first kappa shape index (κ1) is 12.8. The second-order valence-corrected chi connectivity index (χ2v) is 5.17. The van der Waals surface area contributed by atoms with E-state index in [0.29, 0.717) is 12.0 Å². The highest BCUT2D eigenvalue weighted by molar-refractivity contribution is 9.08. The van der Waals surface area contributed by atoms with Crippen LogP contribution in [0.2, 0.25) is 0 Å². The molecule has 2 unspecified atom stereocenters. The summed E-state index contributed by atoms with van der Waals surface area (Å²) in [4.78, 5) is 6.85. The zero-order valence-corrected chi connectivity index (χ0v) is 12.0. The molecule has 0 bridgehead atoms. The van der Waals surface area contributed by atoms with Gasteiger partial charge in [0.05, 0.1) is 6.10 Å². The lowest BCUT2D eigenvalue weighted by atomic mass is 9.95. The van der Waals surface area contributed by atoms with Crippen LogP contribution in [0.5, 0.6) is 0 Å². The SMILES string of the molecule is COC1CN(c2ncccc2CBr)CCC1C. The second-order valence-electron chi connectivity index (χ2n) is 4.61. The van der Waals surface area contributed by atoms with E-state index in [9.17, 15) is 0 Å². The van der Waals surface area contributed by atoms with Crippen LogP contribution < -0.4 is 4.90 Å². The molecule has 1 aromatic heterocycles. The maximum absolute atomic E-state index is 5.55. The Balaban J connectivity index is 2.17. The monoisotopic (exact) mass is 298 g/mol. The largest absolute Gasteiger partial charge is 0.379 e. The fourth-order valence-corrected chi connectivity index (χ4v) is 2.79. The van der Waals surface area contributed by atoms with Gasteiger partial charge in [-0.3, -0.25) is 0 Å². The zero-order chi connectivity index (χ0) is 12.3. The Morgan fingerprint density at radius 3 is 3.12 bits per heavy atom. The fourth-order valence-electron chi connectivity index (χ4n) is 2.35. The minimum atomic E-state index is 0.314. The van der Waals surface area contributed by atoms with E-state index in [2.05, 4.69) is 38.8 Å². The van der Waals surface area contributed by atoms with Crippen LogP contribution in [0.4, 0.5) is 5.82 Å². The topological polar surface area (TPSA) is 25.4 Å². The van der Waals surface area contributed by atoms with E-state index in [1.54, 1.807) is 7.11 Å². The molecule has 2 heterocycles. The molecule has 0 radical (unpaired) electrons. The highest BCUT2D eigenvalue weighted by Crippen LogP contribution is 2.26. The zero-order valence-electron chi connectivity index (χ0n) is 10.4. The lowest BCUT2D eigenvalue weighted by molar-refractivity contribution is 0.0496. The van der Waals surface area contributed by atoms with Crippen molar-refractivity contribution in [1.29, 1.82) is 0 Å². The van der Waals surface area contributed by atoms with E-state index < -0.39 is 0 Å². The summed E-state index contributed by atoms with van der Waals surface area (Å²) in [6, 6.07) is 4.11. The van der Waals surface area contributed by atoms with Crippen molar-refractivity contribution in [3.63, 3.8) is 0 Å². The van der Waals surface area contributed by atoms with Crippen molar-refractivity contribution >= 4 is 21.7 Å². The van der Waals surface area contributed by atoms with E-state index in [-0.39, 0.29) is 0 Å². The first-order chi connectivity index (χ1) is 8.26. The van der Waals surface area contributed by atoms with Gasteiger partial charge in [-0.15, -0.1) is 0 Å². The number of ether oxygens (including phenoxy) is 1. The van der Waals surface area contributed by atoms with Gasteiger partial charge in [-0.2, -0.15) is 0 Å². The van der Waals surface area contributed by atoms with Crippen LogP contribution in [0.25, 0.3) is 0 Å². The van der Waals surface area contributed by atoms with E-state index in [0.717, 1.165) is 30.7 Å². The van der Waals surface area contributed by atoms with Crippen molar-refractivity contribution in [2.75, 3.05) is 25.1 Å². The van der Waals surface area contributed by atoms with Gasteiger partial charge in [0.25, 0.3) is 0 Å². The van der Waals surface area contributed by atoms with E-state index in [1.807, 2.05) is 12.3 Å². The predicted octanol–water partition coefficient (Wildman–Crippen LogP) is 2.84. The summed E-state index contributed by atoms with van der Waals surface area (Å²) in [5, 5.41) is 0.847. The van der Waals surface area contributed by atoms with Crippen molar-refractivity contribution in [2.45, 2.75) is 24.8 Å². The predicted molar refractivity (Wildman–Crippen MR) is 73.7 cm³/mol. The van der Waals surface area contributed by atoms with Crippen molar-refractivity contribution in [3.05, 3.63) is 23.9 Å². The number of rotatable bonds is 3. The molecular weight excluding hydrogens is 280 g/mol. The Kier molecular flexibility index (Phi) is 4.40. The molecule has 2 atom stereocenters. The average molecular weight is 299 g/mol. The average Bonchev–Trinajstić information content (AvgIpc) is 2.39. The summed E-state index contributed by atoms with van der Waals surface area (Å²) >= 11 is 3.52. The number of aromatic nitrogens is 1. The molecule has 0 saturated carbocycles. The number of alkyl halides is 1. The van der Waals surface area contributed by atoms with Gasteiger partial charge in [-0.25, -0.2) is 4.98 Å². The molecule has 4 heteroatoms. The molecule has 0 spiro atoms. The first-order valence-electron chi connectivity index (χ1n) is 6.04. The molecular formula is C13H19BrN2O. The van der Waals surface area contributed by atoms with Gasteiger partial charge in [-0.05, 0) is 18.4 Å². The second kappa shape index (κ2) is 5.83. The van der Waals surface area contributed by atoms with Gasteiger partial charge in [0.2, 0.25) is 0 Å².